The molecule has 6 nitrogen and oxygen atoms in total. The second kappa shape index (κ2) is 6.56. The van der Waals surface area contributed by atoms with Crippen LogP contribution in [-0.4, -0.2) is 32.2 Å². The number of hydrogen-bond acceptors (Lipinski definition) is 5. The van der Waals surface area contributed by atoms with Crippen LogP contribution in [0.1, 0.15) is 21.6 Å². The lowest BCUT2D eigenvalue weighted by Crippen LogP contribution is -2.14. The molecule has 2 rings (SSSR count). The minimum Gasteiger partial charge on any atom is -0.493 e. The monoisotopic (exact) mass is 316 g/mol. The van der Waals surface area contributed by atoms with Gasteiger partial charge < -0.3 is 19.9 Å². The van der Waals surface area contributed by atoms with Crippen molar-refractivity contribution in [1.82, 2.24) is 4.98 Å². The second-order valence-corrected chi connectivity index (χ2v) is 5.07. The number of nitrogens with zero attached hydrogens (tertiary/aromatic N) is 1. The number of ether oxygens (including phenoxy) is 3. The Morgan fingerprint density at radius 2 is 1.57 bits per heavy atom. The Morgan fingerprint density at radius 1 is 1.00 bits per heavy atom. The van der Waals surface area contributed by atoms with Gasteiger partial charge in [-0.1, -0.05) is 0 Å². The molecule has 0 bridgehead atoms. The molecule has 0 spiro atoms. The molecule has 0 aliphatic rings. The summed E-state index contributed by atoms with van der Waals surface area (Å²) in [5, 5.41) is 0. The van der Waals surface area contributed by atoms with E-state index >= 15 is 0 Å². The number of nitrogens with two attached hydrogens (primary N) is 1. The Kier molecular flexibility index (Phi) is 4.74. The van der Waals surface area contributed by atoms with Gasteiger partial charge in [-0.15, -0.1) is 0 Å². The van der Waals surface area contributed by atoms with Gasteiger partial charge in [0.05, 0.1) is 32.6 Å². The maximum absolute atomic E-state index is 11.8. The zero-order valence-corrected chi connectivity index (χ0v) is 13.9. The lowest BCUT2D eigenvalue weighted by atomic mass is 10.0. The average molecular weight is 316 g/mol. The first-order chi connectivity index (χ1) is 10.9. The van der Waals surface area contributed by atoms with Gasteiger partial charge in [0.25, 0.3) is 5.91 Å². The number of amides is 1. The molecule has 0 unspecified atom stereocenters. The van der Waals surface area contributed by atoms with E-state index in [1.807, 2.05) is 13.8 Å². The number of methoxy groups -OCH3 is 3. The molecule has 0 aliphatic heterocycles. The van der Waals surface area contributed by atoms with E-state index in [9.17, 15) is 4.79 Å². The third-order valence-electron chi connectivity index (χ3n) is 3.67. The van der Waals surface area contributed by atoms with E-state index < -0.39 is 5.91 Å². The van der Waals surface area contributed by atoms with Gasteiger partial charge in [-0.2, -0.15) is 0 Å². The van der Waals surface area contributed by atoms with Crippen LogP contribution in [0.3, 0.4) is 0 Å². The van der Waals surface area contributed by atoms with E-state index in [0.717, 1.165) is 11.3 Å². The van der Waals surface area contributed by atoms with Crippen LogP contribution >= 0.6 is 0 Å². The molecule has 0 aliphatic carbocycles. The van der Waals surface area contributed by atoms with Crippen molar-refractivity contribution in [3.05, 3.63) is 35.0 Å². The summed E-state index contributed by atoms with van der Waals surface area (Å²) < 4.78 is 16.0. The Morgan fingerprint density at radius 3 is 2.00 bits per heavy atom. The molecule has 2 N–H and O–H groups in total. The van der Waals surface area contributed by atoms with Crippen LogP contribution in [0.25, 0.3) is 11.3 Å². The van der Waals surface area contributed by atoms with Gasteiger partial charge in [0.2, 0.25) is 5.75 Å². The highest BCUT2D eigenvalue weighted by molar-refractivity contribution is 5.99. The van der Waals surface area contributed by atoms with Crippen molar-refractivity contribution >= 4 is 5.91 Å². The Labute approximate surface area is 135 Å². The molecule has 0 atom stereocenters. The van der Waals surface area contributed by atoms with E-state index in [1.54, 1.807) is 18.2 Å². The summed E-state index contributed by atoms with van der Waals surface area (Å²) in [7, 11) is 4.59. The highest BCUT2D eigenvalue weighted by atomic mass is 16.5. The largest absolute Gasteiger partial charge is 0.493 e. The summed E-state index contributed by atoms with van der Waals surface area (Å²) in [6.45, 7) is 3.76. The number of aryl methyl sites for hydroxylation is 2. The van der Waals surface area contributed by atoms with Crippen molar-refractivity contribution in [1.29, 1.82) is 0 Å². The fraction of sp³-hybridized carbons (Fsp3) is 0.294. The Balaban J connectivity index is 2.76. The van der Waals surface area contributed by atoms with Crippen molar-refractivity contribution in [2.24, 2.45) is 5.73 Å². The molecule has 0 saturated heterocycles. The van der Waals surface area contributed by atoms with E-state index in [-0.39, 0.29) is 0 Å². The van der Waals surface area contributed by atoms with Gasteiger partial charge in [-0.3, -0.25) is 9.78 Å². The molecule has 1 aromatic heterocycles. The van der Waals surface area contributed by atoms with Crippen molar-refractivity contribution in [2.45, 2.75) is 13.8 Å². The van der Waals surface area contributed by atoms with Crippen molar-refractivity contribution < 1.29 is 19.0 Å². The van der Waals surface area contributed by atoms with Crippen LogP contribution in [0.15, 0.2) is 18.2 Å². The first-order valence-corrected chi connectivity index (χ1v) is 7.01. The molecular weight excluding hydrogens is 296 g/mol. The van der Waals surface area contributed by atoms with Gasteiger partial charge in [-0.05, 0) is 37.6 Å². The highest BCUT2D eigenvalue weighted by Crippen LogP contribution is 2.41. The number of carbonyl (C=O) groups excluding carboxylic acids is 1. The number of pyridine rings is 1. The SMILES string of the molecule is COc1cc(-c2nc(C)c(C)cc2C(N)=O)cc(OC)c1OC. The van der Waals surface area contributed by atoms with Crippen LogP contribution in [0.4, 0.5) is 0 Å². The molecule has 0 fully saturated rings. The zero-order valence-electron chi connectivity index (χ0n) is 13.9. The molecule has 23 heavy (non-hydrogen) atoms. The molecule has 2 aromatic rings. The lowest BCUT2D eigenvalue weighted by Gasteiger charge is -2.15. The van der Waals surface area contributed by atoms with Gasteiger partial charge in [0.1, 0.15) is 0 Å². The molecule has 122 valence electrons. The second-order valence-electron chi connectivity index (χ2n) is 5.07. The average Bonchev–Trinajstić information content (AvgIpc) is 2.55. The number of primary amides is 1. The minimum atomic E-state index is -0.538. The third kappa shape index (κ3) is 3.06. The molecule has 1 heterocycles. The number of benzene rings is 1. The van der Waals surface area contributed by atoms with E-state index in [0.29, 0.717) is 34.1 Å². The summed E-state index contributed by atoms with van der Waals surface area (Å²) in [5.41, 5.74) is 8.72. The summed E-state index contributed by atoms with van der Waals surface area (Å²) in [6, 6.07) is 5.22. The zero-order chi connectivity index (χ0) is 17.1. The van der Waals surface area contributed by atoms with E-state index in [4.69, 9.17) is 19.9 Å². The first kappa shape index (κ1) is 16.6. The van der Waals surface area contributed by atoms with Crippen LogP contribution in [0, 0.1) is 13.8 Å². The van der Waals surface area contributed by atoms with Crippen molar-refractivity contribution in [3.63, 3.8) is 0 Å². The van der Waals surface area contributed by atoms with E-state index in [1.165, 1.54) is 21.3 Å². The van der Waals surface area contributed by atoms with Crippen molar-refractivity contribution in [2.75, 3.05) is 21.3 Å². The molecular formula is C17H20N2O4. The summed E-state index contributed by atoms with van der Waals surface area (Å²) in [5.74, 6) is 0.905. The number of aromatic nitrogens is 1. The fourth-order valence-electron chi connectivity index (χ4n) is 2.33. The quantitative estimate of drug-likeness (QED) is 0.916. The maximum atomic E-state index is 11.8. The topological polar surface area (TPSA) is 83.7 Å². The molecule has 1 aromatic carbocycles. The predicted molar refractivity (Wildman–Crippen MR) is 87.3 cm³/mol. The highest BCUT2D eigenvalue weighted by Gasteiger charge is 2.19. The smallest absolute Gasteiger partial charge is 0.250 e. The molecule has 0 radical (unpaired) electrons. The van der Waals surface area contributed by atoms with Crippen LogP contribution in [-0.2, 0) is 0 Å². The lowest BCUT2D eigenvalue weighted by molar-refractivity contribution is 0.100. The van der Waals surface area contributed by atoms with Crippen molar-refractivity contribution in [3.8, 4) is 28.5 Å². The first-order valence-electron chi connectivity index (χ1n) is 7.01. The third-order valence-corrected chi connectivity index (χ3v) is 3.67. The predicted octanol–water partition coefficient (Wildman–Crippen LogP) is 2.49. The maximum Gasteiger partial charge on any atom is 0.250 e. The van der Waals surface area contributed by atoms with Gasteiger partial charge >= 0.3 is 0 Å². The van der Waals surface area contributed by atoms with E-state index in [2.05, 4.69) is 4.98 Å². The van der Waals surface area contributed by atoms with Crippen LogP contribution in [0.5, 0.6) is 17.2 Å². The molecule has 1 amide bonds. The Hall–Kier alpha value is -2.76. The summed E-state index contributed by atoms with van der Waals surface area (Å²) in [6.07, 6.45) is 0. The standard InChI is InChI=1S/C17H20N2O4/c1-9-6-12(17(18)20)15(19-10(9)2)11-7-13(21-3)16(23-5)14(8-11)22-4/h6-8H,1-5H3,(H2,18,20). The minimum absolute atomic E-state index is 0.349. The summed E-state index contributed by atoms with van der Waals surface area (Å²) >= 11 is 0. The van der Waals surface area contributed by atoms with Gasteiger partial charge in [-0.25, -0.2) is 0 Å². The van der Waals surface area contributed by atoms with Crippen LogP contribution in [0.2, 0.25) is 0 Å². The van der Waals surface area contributed by atoms with Gasteiger partial charge in [0.15, 0.2) is 11.5 Å². The number of carbonyl (C=O) groups is 1. The molecule has 0 saturated carbocycles. The number of hydrogen-bond donors (Lipinski definition) is 1. The van der Waals surface area contributed by atoms with Crippen LogP contribution < -0.4 is 19.9 Å². The number of rotatable bonds is 5. The summed E-state index contributed by atoms with van der Waals surface area (Å²) in [4.78, 5) is 16.3. The van der Waals surface area contributed by atoms with Gasteiger partial charge in [0, 0.05) is 11.3 Å². The molecule has 6 heteroatoms. The Bertz CT molecular complexity index is 731. The normalized spacial score (nSPS) is 10.3. The fourth-order valence-corrected chi connectivity index (χ4v) is 2.33.